The molecule has 2 nitrogen and oxygen atoms in total. The number of benzene rings is 1. The van der Waals surface area contributed by atoms with Gasteiger partial charge in [0.25, 0.3) is 0 Å². The van der Waals surface area contributed by atoms with Gasteiger partial charge in [0.1, 0.15) is 6.54 Å². The molecule has 0 aromatic heterocycles. The Morgan fingerprint density at radius 2 is 1.95 bits per heavy atom. The molecule has 1 N–H and O–H groups in total. The van der Waals surface area contributed by atoms with Crippen LogP contribution in [-0.2, 0) is 6.54 Å². The molecule has 0 saturated carbocycles. The van der Waals surface area contributed by atoms with Crippen LogP contribution < -0.4 is 10.2 Å². The fraction of sp³-hybridized carbons (Fsp3) is 0.571. The topological polar surface area (TPSA) is 15.3 Å². The van der Waals surface area contributed by atoms with Crippen LogP contribution in [0, 0.1) is 0 Å². The summed E-state index contributed by atoms with van der Waals surface area (Å²) in [5.41, 5.74) is 1.26. The van der Waals surface area contributed by atoms with Crippen molar-refractivity contribution in [1.82, 2.24) is 5.32 Å². The molecule has 114 valence electrons. The Kier molecular flexibility index (Phi) is 6.62. The molecule has 0 heterocycles. The smallest absolute Gasteiger partial charge is 0.363 e. The first kappa shape index (κ1) is 17.1. The molecule has 0 radical (unpaired) electrons. The van der Waals surface area contributed by atoms with Crippen LogP contribution in [0.3, 0.4) is 0 Å². The van der Waals surface area contributed by atoms with Crippen LogP contribution >= 0.6 is 11.6 Å². The van der Waals surface area contributed by atoms with Gasteiger partial charge in [-0.3, -0.25) is 0 Å². The summed E-state index contributed by atoms with van der Waals surface area (Å²) in [5.74, 6) is 0. The van der Waals surface area contributed by atoms with Crippen LogP contribution in [0.5, 0.6) is 0 Å². The molecule has 0 saturated heterocycles. The summed E-state index contributed by atoms with van der Waals surface area (Å²) >= 11 is 6.13. The molecule has 0 aliphatic heterocycles. The Labute approximate surface area is 122 Å². The number of anilines is 1. The zero-order chi connectivity index (χ0) is 15.2. The first-order valence-electron chi connectivity index (χ1n) is 6.68. The van der Waals surface area contributed by atoms with Crippen molar-refractivity contribution in [3.8, 4) is 0 Å². The van der Waals surface area contributed by atoms with Gasteiger partial charge in [-0.15, -0.1) is 0 Å². The molecule has 1 aromatic carbocycles. The average molecular weight is 309 g/mol. The fourth-order valence-corrected chi connectivity index (χ4v) is 2.23. The molecule has 0 aliphatic carbocycles. The quantitative estimate of drug-likeness (QED) is 0.758. The van der Waals surface area contributed by atoms with E-state index in [9.17, 15) is 13.2 Å². The van der Waals surface area contributed by atoms with Crippen LogP contribution in [0.25, 0.3) is 0 Å². The van der Waals surface area contributed by atoms with Gasteiger partial charge >= 0.3 is 6.18 Å². The zero-order valence-corrected chi connectivity index (χ0v) is 12.5. The Morgan fingerprint density at radius 3 is 2.50 bits per heavy atom. The van der Waals surface area contributed by atoms with Gasteiger partial charge in [0.15, 0.2) is 0 Å². The van der Waals surface area contributed by atoms with Crippen molar-refractivity contribution in [2.24, 2.45) is 0 Å². The first-order valence-corrected chi connectivity index (χ1v) is 7.06. The highest BCUT2D eigenvalue weighted by Crippen LogP contribution is 2.29. The highest BCUT2D eigenvalue weighted by molar-refractivity contribution is 6.31. The molecule has 6 heteroatoms. The van der Waals surface area contributed by atoms with Crippen LogP contribution in [0.2, 0.25) is 5.02 Å². The number of alkyl halides is 3. The van der Waals surface area contributed by atoms with Crippen molar-refractivity contribution in [3.05, 3.63) is 28.8 Å². The van der Waals surface area contributed by atoms with Crippen molar-refractivity contribution in [3.63, 3.8) is 0 Å². The lowest BCUT2D eigenvalue weighted by Gasteiger charge is -2.27. The molecule has 0 atom stereocenters. The normalized spacial score (nSPS) is 11.7. The molecular weight excluding hydrogens is 289 g/mol. The van der Waals surface area contributed by atoms with Crippen molar-refractivity contribution in [2.75, 3.05) is 24.5 Å². The molecule has 0 unspecified atom stereocenters. The van der Waals surface area contributed by atoms with E-state index < -0.39 is 12.7 Å². The van der Waals surface area contributed by atoms with E-state index in [4.69, 9.17) is 11.6 Å². The third kappa shape index (κ3) is 5.21. The standard InChI is InChI=1S/C14H20ClF3N2/c1-3-8-19-9-11-12(15)6-5-7-13(11)20(4-2)10-14(16,17)18/h5-7,19H,3-4,8-10H2,1-2H3. The molecule has 1 aromatic rings. The highest BCUT2D eigenvalue weighted by Gasteiger charge is 2.31. The minimum atomic E-state index is -4.23. The lowest BCUT2D eigenvalue weighted by atomic mass is 10.1. The Morgan fingerprint density at radius 1 is 1.25 bits per heavy atom. The van der Waals surface area contributed by atoms with Crippen LogP contribution in [-0.4, -0.2) is 25.8 Å². The van der Waals surface area contributed by atoms with Crippen molar-refractivity contribution in [1.29, 1.82) is 0 Å². The zero-order valence-electron chi connectivity index (χ0n) is 11.7. The molecule has 0 spiro atoms. The van der Waals surface area contributed by atoms with E-state index in [1.807, 2.05) is 6.92 Å². The minimum Gasteiger partial charge on any atom is -0.363 e. The third-order valence-corrected chi connectivity index (χ3v) is 3.27. The van der Waals surface area contributed by atoms with Gasteiger partial charge in [0.2, 0.25) is 0 Å². The molecule has 20 heavy (non-hydrogen) atoms. The summed E-state index contributed by atoms with van der Waals surface area (Å²) < 4.78 is 37.9. The third-order valence-electron chi connectivity index (χ3n) is 2.92. The van der Waals surface area contributed by atoms with Gasteiger partial charge in [-0.25, -0.2) is 0 Å². The summed E-state index contributed by atoms with van der Waals surface area (Å²) in [7, 11) is 0. The van der Waals surface area contributed by atoms with Crippen LogP contribution in [0.4, 0.5) is 18.9 Å². The van der Waals surface area contributed by atoms with E-state index in [1.54, 1.807) is 25.1 Å². The molecule has 0 bridgehead atoms. The molecular formula is C14H20ClF3N2. The second-order valence-electron chi connectivity index (χ2n) is 4.54. The van der Waals surface area contributed by atoms with Crippen molar-refractivity contribution in [2.45, 2.75) is 33.0 Å². The van der Waals surface area contributed by atoms with Gasteiger partial charge in [-0.05, 0) is 32.0 Å². The Hall–Kier alpha value is -0.940. The number of halogens is 4. The molecule has 0 aliphatic rings. The first-order chi connectivity index (χ1) is 9.39. The summed E-state index contributed by atoms with van der Waals surface area (Å²) in [4.78, 5) is 1.30. The Balaban J connectivity index is 2.98. The van der Waals surface area contributed by atoms with E-state index in [-0.39, 0.29) is 6.54 Å². The second kappa shape index (κ2) is 7.74. The van der Waals surface area contributed by atoms with Crippen LogP contribution in [0.1, 0.15) is 25.8 Å². The lowest BCUT2D eigenvalue weighted by Crippen LogP contribution is -2.35. The van der Waals surface area contributed by atoms with Gasteiger partial charge in [0.05, 0.1) is 0 Å². The summed E-state index contributed by atoms with van der Waals surface area (Å²) in [6.45, 7) is 4.32. The maximum atomic E-state index is 12.6. The maximum Gasteiger partial charge on any atom is 0.405 e. The minimum absolute atomic E-state index is 0.278. The van der Waals surface area contributed by atoms with E-state index in [2.05, 4.69) is 5.32 Å². The van der Waals surface area contributed by atoms with E-state index in [0.717, 1.165) is 13.0 Å². The SMILES string of the molecule is CCCNCc1c(Cl)cccc1N(CC)CC(F)(F)F. The number of rotatable bonds is 7. The number of hydrogen-bond acceptors (Lipinski definition) is 2. The molecule has 0 amide bonds. The van der Waals surface area contributed by atoms with Gasteiger partial charge in [-0.1, -0.05) is 24.6 Å². The van der Waals surface area contributed by atoms with E-state index in [1.165, 1.54) is 4.90 Å². The maximum absolute atomic E-state index is 12.6. The predicted octanol–water partition coefficient (Wildman–Crippen LogP) is 4.23. The largest absolute Gasteiger partial charge is 0.405 e. The number of hydrogen-bond donors (Lipinski definition) is 1. The van der Waals surface area contributed by atoms with Gasteiger partial charge in [0, 0.05) is 29.4 Å². The Bertz CT molecular complexity index is 421. The summed E-state index contributed by atoms with van der Waals surface area (Å²) in [6, 6.07) is 5.07. The van der Waals surface area contributed by atoms with Crippen molar-refractivity contribution < 1.29 is 13.2 Å². The number of nitrogens with one attached hydrogen (secondary N) is 1. The second-order valence-corrected chi connectivity index (χ2v) is 4.95. The number of nitrogens with zero attached hydrogens (tertiary/aromatic N) is 1. The van der Waals surface area contributed by atoms with E-state index >= 15 is 0 Å². The fourth-order valence-electron chi connectivity index (χ4n) is 1.99. The summed E-state index contributed by atoms with van der Waals surface area (Å²) in [6.07, 6.45) is -3.27. The van der Waals surface area contributed by atoms with Gasteiger partial charge < -0.3 is 10.2 Å². The van der Waals surface area contributed by atoms with Gasteiger partial charge in [-0.2, -0.15) is 13.2 Å². The molecule has 0 fully saturated rings. The van der Waals surface area contributed by atoms with E-state index in [0.29, 0.717) is 22.8 Å². The van der Waals surface area contributed by atoms with Crippen molar-refractivity contribution >= 4 is 17.3 Å². The highest BCUT2D eigenvalue weighted by atomic mass is 35.5. The monoisotopic (exact) mass is 308 g/mol. The average Bonchev–Trinajstić information content (AvgIpc) is 2.37. The lowest BCUT2D eigenvalue weighted by molar-refractivity contribution is -0.119. The predicted molar refractivity (Wildman–Crippen MR) is 77.4 cm³/mol. The van der Waals surface area contributed by atoms with Crippen LogP contribution in [0.15, 0.2) is 18.2 Å². The summed E-state index contributed by atoms with van der Waals surface area (Å²) in [5, 5.41) is 3.67. The molecule has 1 rings (SSSR count).